The fourth-order valence-electron chi connectivity index (χ4n) is 4.59. The highest BCUT2D eigenvalue weighted by molar-refractivity contribution is 6.08. The van der Waals surface area contributed by atoms with E-state index in [1.54, 1.807) is 44.3 Å². The normalized spacial score (nSPS) is 13.9. The lowest BCUT2D eigenvalue weighted by Gasteiger charge is -2.27. The third kappa shape index (κ3) is 5.11. The van der Waals surface area contributed by atoms with Gasteiger partial charge in [0.2, 0.25) is 0 Å². The minimum Gasteiger partial charge on any atom is -0.497 e. The Morgan fingerprint density at radius 3 is 2.49 bits per heavy atom. The molecule has 0 spiro atoms. The first-order chi connectivity index (χ1) is 19.1. The molecule has 2 N–H and O–H groups in total. The molecule has 1 aliphatic rings. The molecule has 0 saturated carbocycles. The van der Waals surface area contributed by atoms with Crippen LogP contribution in [0.2, 0.25) is 0 Å². The fraction of sp³-hybridized carbons (Fsp3) is 0.200. The van der Waals surface area contributed by atoms with Crippen LogP contribution < -0.4 is 29.6 Å². The number of hydrogen-bond donors (Lipinski definition) is 2. The van der Waals surface area contributed by atoms with Crippen molar-refractivity contribution in [3.8, 4) is 23.0 Å². The Labute approximate surface area is 227 Å². The summed E-state index contributed by atoms with van der Waals surface area (Å²) in [4.78, 5) is 13.4. The van der Waals surface area contributed by atoms with Gasteiger partial charge in [-0.05, 0) is 55.5 Å². The molecule has 1 aromatic heterocycles. The van der Waals surface area contributed by atoms with E-state index < -0.39 is 0 Å². The molecule has 9 heteroatoms. The summed E-state index contributed by atoms with van der Waals surface area (Å²) in [6, 6.07) is 20.3. The minimum absolute atomic E-state index is 0.295. The molecule has 0 saturated heterocycles. The zero-order valence-electron chi connectivity index (χ0n) is 22.2. The Hall–Kier alpha value is -4.92. The standard InChI is InChI=1S/C30H30N4O5/c1-5-39-21-14-12-20(13-15-21)32-30(35)24-18-31-34-26(23-10-7-11-27(37-3)28(23)38-4)17-25(33-29(24)34)19-8-6-9-22(16-19)36-2/h6-18,26,33H,5H2,1-4H3,(H,32,35). The van der Waals surface area contributed by atoms with Crippen LogP contribution in [0.4, 0.5) is 11.5 Å². The molecule has 9 nitrogen and oxygen atoms in total. The molecule has 1 amide bonds. The molecule has 1 aliphatic heterocycles. The predicted molar refractivity (Wildman–Crippen MR) is 150 cm³/mol. The smallest absolute Gasteiger partial charge is 0.261 e. The van der Waals surface area contributed by atoms with Crippen LogP contribution in [-0.2, 0) is 0 Å². The van der Waals surface area contributed by atoms with Crippen molar-refractivity contribution in [3.63, 3.8) is 0 Å². The number of carbonyl (C=O) groups excluding carboxylic acids is 1. The summed E-state index contributed by atoms with van der Waals surface area (Å²) >= 11 is 0. The van der Waals surface area contributed by atoms with Gasteiger partial charge in [0.25, 0.3) is 5.91 Å². The lowest BCUT2D eigenvalue weighted by molar-refractivity contribution is 0.102. The van der Waals surface area contributed by atoms with Gasteiger partial charge in [0.15, 0.2) is 11.5 Å². The van der Waals surface area contributed by atoms with Gasteiger partial charge < -0.3 is 29.6 Å². The number of para-hydroxylation sites is 1. The molecule has 3 aromatic carbocycles. The molecule has 5 rings (SSSR count). The number of nitrogens with zero attached hydrogens (tertiary/aromatic N) is 2. The van der Waals surface area contributed by atoms with Gasteiger partial charge in [0, 0.05) is 22.5 Å². The van der Waals surface area contributed by atoms with Crippen LogP contribution in [0, 0.1) is 0 Å². The molecule has 1 unspecified atom stereocenters. The highest BCUT2D eigenvalue weighted by Gasteiger charge is 2.30. The van der Waals surface area contributed by atoms with E-state index in [2.05, 4.69) is 15.7 Å². The summed E-state index contributed by atoms with van der Waals surface area (Å²) in [7, 11) is 4.84. The van der Waals surface area contributed by atoms with Crippen LogP contribution in [0.3, 0.4) is 0 Å². The molecule has 0 bridgehead atoms. The Kier molecular flexibility index (Phi) is 7.40. The summed E-state index contributed by atoms with van der Waals surface area (Å²) in [5.41, 5.74) is 3.57. The number of methoxy groups -OCH3 is 3. The van der Waals surface area contributed by atoms with Crippen molar-refractivity contribution < 1.29 is 23.7 Å². The lowest BCUT2D eigenvalue weighted by Crippen LogP contribution is -2.22. The molecule has 4 aromatic rings. The Bertz CT molecular complexity index is 1510. The first-order valence-electron chi connectivity index (χ1n) is 12.5. The van der Waals surface area contributed by atoms with Crippen molar-refractivity contribution >= 4 is 23.1 Å². The summed E-state index contributed by atoms with van der Waals surface area (Å²) < 4.78 is 24.0. The maximum atomic E-state index is 13.4. The molecule has 0 aliphatic carbocycles. The fourth-order valence-corrected chi connectivity index (χ4v) is 4.59. The van der Waals surface area contributed by atoms with Gasteiger partial charge >= 0.3 is 0 Å². The second-order valence-corrected chi connectivity index (χ2v) is 8.73. The number of rotatable bonds is 9. The lowest BCUT2D eigenvalue weighted by atomic mass is 9.99. The number of fused-ring (bicyclic) bond motifs is 1. The topological polar surface area (TPSA) is 95.9 Å². The third-order valence-electron chi connectivity index (χ3n) is 6.44. The van der Waals surface area contributed by atoms with Gasteiger partial charge in [-0.1, -0.05) is 24.3 Å². The van der Waals surface area contributed by atoms with Gasteiger partial charge in [-0.2, -0.15) is 5.10 Å². The van der Waals surface area contributed by atoms with Gasteiger partial charge in [-0.3, -0.25) is 4.79 Å². The van der Waals surface area contributed by atoms with E-state index in [0.717, 1.165) is 28.3 Å². The summed E-state index contributed by atoms with van der Waals surface area (Å²) in [5, 5.41) is 11.0. The van der Waals surface area contributed by atoms with Gasteiger partial charge in [0.05, 0.1) is 34.1 Å². The van der Waals surface area contributed by atoms with Gasteiger partial charge in [-0.25, -0.2) is 4.68 Å². The Balaban J connectivity index is 1.56. The second kappa shape index (κ2) is 11.2. The van der Waals surface area contributed by atoms with Crippen LogP contribution in [0.5, 0.6) is 23.0 Å². The van der Waals surface area contributed by atoms with E-state index in [9.17, 15) is 4.79 Å². The number of carbonyl (C=O) groups is 1. The zero-order valence-corrected chi connectivity index (χ0v) is 22.2. The summed E-state index contributed by atoms with van der Waals surface area (Å²) in [5.74, 6) is 2.91. The highest BCUT2D eigenvalue weighted by Crippen LogP contribution is 2.42. The first kappa shape index (κ1) is 25.7. The number of benzene rings is 3. The maximum Gasteiger partial charge on any atom is 0.261 e. The van der Waals surface area contributed by atoms with Crippen molar-refractivity contribution in [1.29, 1.82) is 0 Å². The first-order valence-corrected chi connectivity index (χ1v) is 12.5. The van der Waals surface area contributed by atoms with E-state index in [4.69, 9.17) is 18.9 Å². The summed E-state index contributed by atoms with van der Waals surface area (Å²) in [6.45, 7) is 2.50. The number of allylic oxidation sites excluding steroid dienone is 1. The van der Waals surface area contributed by atoms with E-state index in [1.165, 1.54) is 0 Å². The molecule has 39 heavy (non-hydrogen) atoms. The van der Waals surface area contributed by atoms with E-state index in [0.29, 0.717) is 35.2 Å². The minimum atomic E-state index is -0.389. The van der Waals surface area contributed by atoms with Crippen LogP contribution in [0.25, 0.3) is 5.70 Å². The molecular weight excluding hydrogens is 496 g/mol. The number of hydrogen-bond acceptors (Lipinski definition) is 7. The van der Waals surface area contributed by atoms with E-state index >= 15 is 0 Å². The monoisotopic (exact) mass is 526 g/mol. The number of ether oxygens (including phenoxy) is 4. The average molecular weight is 527 g/mol. The average Bonchev–Trinajstić information content (AvgIpc) is 3.41. The van der Waals surface area contributed by atoms with Crippen LogP contribution >= 0.6 is 0 Å². The number of nitrogens with one attached hydrogen (secondary N) is 2. The zero-order chi connectivity index (χ0) is 27.4. The molecule has 1 atom stereocenters. The molecule has 2 heterocycles. The highest BCUT2D eigenvalue weighted by atomic mass is 16.5. The largest absolute Gasteiger partial charge is 0.497 e. The second-order valence-electron chi connectivity index (χ2n) is 8.73. The maximum absolute atomic E-state index is 13.4. The Morgan fingerprint density at radius 2 is 1.77 bits per heavy atom. The molecule has 0 fully saturated rings. The number of amides is 1. The van der Waals surface area contributed by atoms with Crippen LogP contribution in [0.15, 0.2) is 79.0 Å². The van der Waals surface area contributed by atoms with Crippen LogP contribution in [-0.4, -0.2) is 43.6 Å². The van der Waals surface area contributed by atoms with Crippen molar-refractivity contribution in [3.05, 3.63) is 95.7 Å². The van der Waals surface area contributed by atoms with Gasteiger partial charge in [-0.15, -0.1) is 0 Å². The van der Waals surface area contributed by atoms with E-state index in [-0.39, 0.29) is 11.9 Å². The SMILES string of the molecule is CCOc1ccc(NC(=O)c2cnn3c2NC(c2cccc(OC)c2)=CC3c2cccc(OC)c2OC)cc1. The molecular formula is C30H30N4O5. The van der Waals surface area contributed by atoms with Crippen molar-refractivity contribution in [2.45, 2.75) is 13.0 Å². The predicted octanol–water partition coefficient (Wildman–Crippen LogP) is 5.62. The molecule has 200 valence electrons. The third-order valence-corrected chi connectivity index (χ3v) is 6.44. The summed E-state index contributed by atoms with van der Waals surface area (Å²) in [6.07, 6.45) is 3.61. The van der Waals surface area contributed by atoms with Crippen molar-refractivity contribution in [1.82, 2.24) is 9.78 Å². The molecule has 0 radical (unpaired) electrons. The van der Waals surface area contributed by atoms with Gasteiger partial charge in [0.1, 0.15) is 28.9 Å². The number of anilines is 2. The number of aromatic nitrogens is 2. The van der Waals surface area contributed by atoms with Crippen LogP contribution in [0.1, 0.15) is 34.5 Å². The van der Waals surface area contributed by atoms with Crippen molar-refractivity contribution in [2.24, 2.45) is 0 Å². The van der Waals surface area contributed by atoms with E-state index in [1.807, 2.05) is 67.6 Å². The quantitative estimate of drug-likeness (QED) is 0.292. The Morgan fingerprint density at radius 1 is 0.974 bits per heavy atom. The van der Waals surface area contributed by atoms with Crippen molar-refractivity contribution in [2.75, 3.05) is 38.6 Å².